The molecule has 3 rings (SSSR count). The van der Waals surface area contributed by atoms with Gasteiger partial charge in [0.15, 0.2) is 0 Å². The zero-order chi connectivity index (χ0) is 15.9. The second-order valence-electron chi connectivity index (χ2n) is 6.27. The van der Waals surface area contributed by atoms with Gasteiger partial charge in [-0.15, -0.1) is 0 Å². The number of carbonyl (C=O) groups is 1. The Bertz CT molecular complexity index is 463. The maximum absolute atomic E-state index is 12.3. The first-order valence-corrected chi connectivity index (χ1v) is 8.72. The van der Waals surface area contributed by atoms with Gasteiger partial charge in [0, 0.05) is 19.6 Å². The lowest BCUT2D eigenvalue weighted by molar-refractivity contribution is 0.0524. The van der Waals surface area contributed by atoms with E-state index >= 15 is 0 Å². The van der Waals surface area contributed by atoms with Crippen LogP contribution in [0.5, 0.6) is 0 Å². The summed E-state index contributed by atoms with van der Waals surface area (Å²) in [5.41, 5.74) is 0. The summed E-state index contributed by atoms with van der Waals surface area (Å²) < 4.78 is 10.9. The molecule has 1 N–H and O–H groups in total. The number of carbonyl (C=O) groups excluding carboxylic acids is 1. The molecule has 0 spiro atoms. The van der Waals surface area contributed by atoms with E-state index in [0.717, 1.165) is 18.8 Å². The van der Waals surface area contributed by atoms with Crippen LogP contribution < -0.4 is 5.32 Å². The molecule has 128 valence electrons. The SMILES string of the molecule is O=C(NCC(c1ccco1)N1CCCCCC1)N1CCOCC1. The number of ether oxygens (including phenoxy) is 1. The van der Waals surface area contributed by atoms with Crippen molar-refractivity contribution >= 4 is 6.03 Å². The van der Waals surface area contributed by atoms with Gasteiger partial charge in [0.1, 0.15) is 5.76 Å². The Hall–Kier alpha value is -1.53. The predicted molar refractivity (Wildman–Crippen MR) is 87.3 cm³/mol. The Morgan fingerprint density at radius 2 is 1.87 bits per heavy atom. The first-order chi connectivity index (χ1) is 11.3. The van der Waals surface area contributed by atoms with Crippen LogP contribution in [0.1, 0.15) is 37.5 Å². The van der Waals surface area contributed by atoms with Gasteiger partial charge in [-0.2, -0.15) is 0 Å². The molecule has 6 heteroatoms. The van der Waals surface area contributed by atoms with Crippen LogP contribution in [-0.2, 0) is 4.74 Å². The molecule has 1 aromatic heterocycles. The van der Waals surface area contributed by atoms with Crippen molar-refractivity contribution in [1.29, 1.82) is 0 Å². The average molecular weight is 321 g/mol. The zero-order valence-electron chi connectivity index (χ0n) is 13.7. The highest BCUT2D eigenvalue weighted by Crippen LogP contribution is 2.24. The van der Waals surface area contributed by atoms with Crippen LogP contribution in [0.3, 0.4) is 0 Å². The molecule has 2 saturated heterocycles. The highest BCUT2D eigenvalue weighted by molar-refractivity contribution is 5.74. The molecule has 1 atom stereocenters. The van der Waals surface area contributed by atoms with E-state index in [-0.39, 0.29) is 12.1 Å². The van der Waals surface area contributed by atoms with E-state index in [1.165, 1.54) is 25.7 Å². The molecule has 2 amide bonds. The minimum atomic E-state index is -0.000298. The molecule has 0 saturated carbocycles. The number of hydrogen-bond donors (Lipinski definition) is 1. The van der Waals surface area contributed by atoms with E-state index in [2.05, 4.69) is 10.2 Å². The monoisotopic (exact) mass is 321 g/mol. The van der Waals surface area contributed by atoms with Crippen molar-refractivity contribution < 1.29 is 13.9 Å². The number of morpholine rings is 1. The molecule has 0 bridgehead atoms. The molecule has 0 aromatic carbocycles. The van der Waals surface area contributed by atoms with E-state index in [9.17, 15) is 4.79 Å². The smallest absolute Gasteiger partial charge is 0.317 e. The van der Waals surface area contributed by atoms with Crippen LogP contribution >= 0.6 is 0 Å². The number of likely N-dealkylation sites (tertiary alicyclic amines) is 1. The maximum Gasteiger partial charge on any atom is 0.317 e. The fraction of sp³-hybridized carbons (Fsp3) is 0.706. The van der Waals surface area contributed by atoms with Gasteiger partial charge in [-0.3, -0.25) is 4.90 Å². The number of hydrogen-bond acceptors (Lipinski definition) is 4. The summed E-state index contributed by atoms with van der Waals surface area (Å²) in [4.78, 5) is 16.6. The third-order valence-electron chi connectivity index (χ3n) is 4.70. The number of urea groups is 1. The molecule has 2 aliphatic heterocycles. The zero-order valence-corrected chi connectivity index (χ0v) is 13.7. The third-order valence-corrected chi connectivity index (χ3v) is 4.70. The lowest BCUT2D eigenvalue weighted by Crippen LogP contribution is -2.48. The number of rotatable bonds is 4. The molecule has 0 aliphatic carbocycles. The maximum atomic E-state index is 12.3. The van der Waals surface area contributed by atoms with Crippen molar-refractivity contribution in [2.24, 2.45) is 0 Å². The molecule has 3 heterocycles. The van der Waals surface area contributed by atoms with Crippen molar-refractivity contribution in [3.63, 3.8) is 0 Å². The number of nitrogens with zero attached hydrogens (tertiary/aromatic N) is 2. The van der Waals surface area contributed by atoms with Crippen LogP contribution in [0.4, 0.5) is 4.79 Å². The Kier molecular flexibility index (Phi) is 5.93. The minimum Gasteiger partial charge on any atom is -0.468 e. The molecule has 23 heavy (non-hydrogen) atoms. The average Bonchev–Trinajstić information content (AvgIpc) is 2.99. The van der Waals surface area contributed by atoms with Gasteiger partial charge in [-0.05, 0) is 38.1 Å². The van der Waals surface area contributed by atoms with Gasteiger partial charge in [0.05, 0.1) is 25.5 Å². The molecular weight excluding hydrogens is 294 g/mol. The van der Waals surface area contributed by atoms with Gasteiger partial charge in [0.25, 0.3) is 0 Å². The lowest BCUT2D eigenvalue weighted by Gasteiger charge is -2.31. The normalized spacial score (nSPS) is 21.7. The van der Waals surface area contributed by atoms with Crippen molar-refractivity contribution in [1.82, 2.24) is 15.1 Å². The second kappa shape index (κ2) is 8.36. The standard InChI is InChI=1S/C17H27N3O3/c21-17(20-9-12-22-13-10-20)18-14-15(16-6-5-11-23-16)19-7-3-1-2-4-8-19/h5-6,11,15H,1-4,7-10,12-14H2,(H,18,21). The molecule has 6 nitrogen and oxygen atoms in total. The van der Waals surface area contributed by atoms with E-state index in [0.29, 0.717) is 32.8 Å². The third kappa shape index (κ3) is 4.48. The predicted octanol–water partition coefficient (Wildman–Crippen LogP) is 2.24. The van der Waals surface area contributed by atoms with Crippen LogP contribution in [0.15, 0.2) is 22.8 Å². The van der Waals surface area contributed by atoms with Gasteiger partial charge < -0.3 is 19.4 Å². The summed E-state index contributed by atoms with van der Waals surface area (Å²) in [6.07, 6.45) is 6.73. The number of nitrogens with one attached hydrogen (secondary N) is 1. The van der Waals surface area contributed by atoms with Crippen LogP contribution in [0, 0.1) is 0 Å². The summed E-state index contributed by atoms with van der Waals surface area (Å²) in [7, 11) is 0. The summed E-state index contributed by atoms with van der Waals surface area (Å²) >= 11 is 0. The first kappa shape index (κ1) is 16.3. The second-order valence-corrected chi connectivity index (χ2v) is 6.27. The van der Waals surface area contributed by atoms with Crippen molar-refractivity contribution in [3.05, 3.63) is 24.2 Å². The van der Waals surface area contributed by atoms with E-state index in [4.69, 9.17) is 9.15 Å². The number of amides is 2. The minimum absolute atomic E-state index is 0.000298. The molecule has 0 radical (unpaired) electrons. The summed E-state index contributed by atoms with van der Waals surface area (Å²) in [5, 5.41) is 3.09. The van der Waals surface area contributed by atoms with Crippen molar-refractivity contribution in [3.8, 4) is 0 Å². The quantitative estimate of drug-likeness (QED) is 0.924. The van der Waals surface area contributed by atoms with Crippen molar-refractivity contribution in [2.75, 3.05) is 45.9 Å². The van der Waals surface area contributed by atoms with Gasteiger partial charge in [-0.1, -0.05) is 12.8 Å². The van der Waals surface area contributed by atoms with Crippen molar-refractivity contribution in [2.45, 2.75) is 31.7 Å². The summed E-state index contributed by atoms with van der Waals surface area (Å²) in [6, 6.07) is 4.05. The fourth-order valence-corrected chi connectivity index (χ4v) is 3.36. The van der Waals surface area contributed by atoms with Gasteiger partial charge in [0.2, 0.25) is 0 Å². The Morgan fingerprint density at radius 1 is 1.13 bits per heavy atom. The largest absolute Gasteiger partial charge is 0.468 e. The van der Waals surface area contributed by atoms with E-state index < -0.39 is 0 Å². The van der Waals surface area contributed by atoms with Crippen LogP contribution in [-0.4, -0.2) is 61.8 Å². The van der Waals surface area contributed by atoms with Gasteiger partial charge in [-0.25, -0.2) is 4.79 Å². The van der Waals surface area contributed by atoms with E-state index in [1.807, 2.05) is 17.0 Å². The Morgan fingerprint density at radius 3 is 2.52 bits per heavy atom. The molecular formula is C17H27N3O3. The summed E-state index contributed by atoms with van der Waals surface area (Å²) in [5.74, 6) is 0.939. The Labute approximate surface area is 137 Å². The molecule has 2 aliphatic rings. The molecule has 1 unspecified atom stereocenters. The molecule has 1 aromatic rings. The summed E-state index contributed by atoms with van der Waals surface area (Å²) in [6.45, 7) is 5.31. The van der Waals surface area contributed by atoms with E-state index in [1.54, 1.807) is 6.26 Å². The topological polar surface area (TPSA) is 58.0 Å². The van der Waals surface area contributed by atoms with Crippen LogP contribution in [0.2, 0.25) is 0 Å². The lowest BCUT2D eigenvalue weighted by atomic mass is 10.1. The van der Waals surface area contributed by atoms with Gasteiger partial charge >= 0.3 is 6.03 Å². The highest BCUT2D eigenvalue weighted by Gasteiger charge is 2.25. The first-order valence-electron chi connectivity index (χ1n) is 8.72. The Balaban J connectivity index is 1.60. The highest BCUT2D eigenvalue weighted by atomic mass is 16.5. The van der Waals surface area contributed by atoms with Crippen LogP contribution in [0.25, 0.3) is 0 Å². The fourth-order valence-electron chi connectivity index (χ4n) is 3.36. The number of furan rings is 1. The molecule has 2 fully saturated rings.